The van der Waals surface area contributed by atoms with Crippen molar-refractivity contribution in [1.29, 1.82) is 0 Å². The third-order valence-corrected chi connectivity index (χ3v) is 11.8. The monoisotopic (exact) mass is 635 g/mol. The number of thioether (sulfide) groups is 1. The maximum absolute atomic E-state index is 13.6. The molecule has 0 saturated carbocycles. The number of ether oxygens (including phenoxy) is 1. The van der Waals surface area contributed by atoms with Crippen LogP contribution in [-0.2, 0) is 19.4 Å². The minimum atomic E-state index is -3.79. The van der Waals surface area contributed by atoms with E-state index >= 15 is 0 Å². The normalized spacial score (nSPS) is 17.4. The predicted octanol–water partition coefficient (Wildman–Crippen LogP) is 6.16. The Morgan fingerprint density at radius 2 is 1.98 bits per heavy atom. The van der Waals surface area contributed by atoms with Gasteiger partial charge >= 0.3 is 0 Å². The van der Waals surface area contributed by atoms with E-state index in [1.54, 1.807) is 36.9 Å². The molecule has 2 aliphatic rings. The topological polar surface area (TPSA) is 108 Å². The van der Waals surface area contributed by atoms with Crippen molar-refractivity contribution in [2.24, 2.45) is 5.92 Å². The average molecular weight is 636 g/mol. The Kier molecular flexibility index (Phi) is 13.3. The fourth-order valence-corrected chi connectivity index (χ4v) is 8.08. The Hall–Kier alpha value is -1.98. The third-order valence-electron chi connectivity index (χ3n) is 7.84. The Morgan fingerprint density at radius 3 is 2.62 bits per heavy atom. The van der Waals surface area contributed by atoms with E-state index in [0.717, 1.165) is 59.6 Å². The highest BCUT2D eigenvalue weighted by atomic mass is 32.2. The summed E-state index contributed by atoms with van der Waals surface area (Å²) in [4.78, 5) is 17.4. The number of anilines is 1. The molecule has 3 rings (SSSR count). The summed E-state index contributed by atoms with van der Waals surface area (Å²) in [6.45, 7) is 9.69. The van der Waals surface area contributed by atoms with Gasteiger partial charge in [-0.25, -0.2) is 13.9 Å². The van der Waals surface area contributed by atoms with Crippen molar-refractivity contribution in [2.75, 3.05) is 38.2 Å². The van der Waals surface area contributed by atoms with Crippen LogP contribution in [0.1, 0.15) is 71.3 Å². The molecule has 42 heavy (non-hydrogen) atoms. The van der Waals surface area contributed by atoms with E-state index in [1.165, 1.54) is 0 Å². The van der Waals surface area contributed by atoms with E-state index in [2.05, 4.69) is 28.4 Å². The number of nitrogens with zero attached hydrogens (tertiary/aromatic N) is 1. The number of hydroxylamine groups is 1. The van der Waals surface area contributed by atoms with Gasteiger partial charge in [0.05, 0.1) is 14.5 Å². The zero-order chi connectivity index (χ0) is 30.8. The van der Waals surface area contributed by atoms with Crippen LogP contribution in [0.15, 0.2) is 50.8 Å². The molecular formula is C31H45N3O5S3. The highest BCUT2D eigenvalue weighted by molar-refractivity contribution is 8.07. The molecule has 0 spiro atoms. The number of rotatable bonds is 15. The molecule has 3 N–H and O–H groups in total. The number of likely N-dealkylation sites (tertiary alicyclic amines) is 1. The van der Waals surface area contributed by atoms with Crippen molar-refractivity contribution in [3.8, 4) is 0 Å². The van der Waals surface area contributed by atoms with Crippen LogP contribution in [0, 0.1) is 12.8 Å². The molecule has 8 nitrogen and oxygen atoms in total. The van der Waals surface area contributed by atoms with Gasteiger partial charge < -0.3 is 20.2 Å². The number of benzene rings is 1. The lowest BCUT2D eigenvalue weighted by Gasteiger charge is -2.34. The molecule has 0 aromatic heterocycles. The number of ketones is 1. The first-order valence-corrected chi connectivity index (χ1v) is 17.5. The van der Waals surface area contributed by atoms with Crippen LogP contribution in [0.25, 0.3) is 0 Å². The van der Waals surface area contributed by atoms with E-state index in [-0.39, 0.29) is 36.2 Å². The first kappa shape index (κ1) is 34.5. The van der Waals surface area contributed by atoms with Crippen molar-refractivity contribution in [3.05, 3.63) is 51.5 Å². The number of unbranched alkanes of at least 4 members (excludes halogenated alkanes) is 1. The minimum absolute atomic E-state index is 0.0250. The van der Waals surface area contributed by atoms with Crippen LogP contribution < -0.4 is 10.8 Å². The summed E-state index contributed by atoms with van der Waals surface area (Å²) in [5, 5.41) is 13.2. The Morgan fingerprint density at radius 1 is 1.24 bits per heavy atom. The summed E-state index contributed by atoms with van der Waals surface area (Å²) in [5.74, 6) is 0.182. The number of carbonyl (C=O) groups is 1. The number of hydrogen-bond donors (Lipinski definition) is 3. The van der Waals surface area contributed by atoms with Crippen molar-refractivity contribution in [1.82, 2.24) is 10.4 Å². The van der Waals surface area contributed by atoms with Gasteiger partial charge in [0.15, 0.2) is 20.7 Å². The average Bonchev–Trinajstić information content (AvgIpc) is 2.99. The van der Waals surface area contributed by atoms with Gasteiger partial charge in [-0.15, -0.1) is 5.73 Å². The van der Waals surface area contributed by atoms with Crippen LogP contribution in [0.2, 0.25) is 0 Å². The molecule has 2 aliphatic heterocycles. The van der Waals surface area contributed by atoms with Crippen LogP contribution in [0.3, 0.4) is 0 Å². The van der Waals surface area contributed by atoms with E-state index in [9.17, 15) is 18.4 Å². The lowest BCUT2D eigenvalue weighted by molar-refractivity contribution is -0.119. The first-order chi connectivity index (χ1) is 20.1. The van der Waals surface area contributed by atoms with E-state index < -0.39 is 14.6 Å². The van der Waals surface area contributed by atoms with Crippen LogP contribution in [0.5, 0.6) is 0 Å². The van der Waals surface area contributed by atoms with E-state index in [0.29, 0.717) is 24.8 Å². The molecule has 1 atom stereocenters. The molecule has 0 bridgehead atoms. The maximum atomic E-state index is 13.6. The third kappa shape index (κ3) is 8.78. The van der Waals surface area contributed by atoms with Crippen LogP contribution in [0.4, 0.5) is 5.69 Å². The van der Waals surface area contributed by atoms with Gasteiger partial charge in [0.1, 0.15) is 0 Å². The second-order valence-electron chi connectivity index (χ2n) is 11.2. The Labute approximate surface area is 260 Å². The fraction of sp³-hybridized carbons (Fsp3) is 0.581. The number of thiocarbonyl (C=S) groups is 1. The number of allylic oxidation sites excluding steroid dienone is 3. The second kappa shape index (κ2) is 16.2. The summed E-state index contributed by atoms with van der Waals surface area (Å²) >= 11 is 7.27. The molecule has 1 unspecified atom stereocenters. The molecule has 11 heteroatoms. The number of carbonyl (C=O) groups excluding carboxylic acids is 1. The smallest absolute Gasteiger partial charge is 0.185 e. The van der Waals surface area contributed by atoms with E-state index in [1.807, 2.05) is 26.0 Å². The lowest BCUT2D eigenvalue weighted by atomic mass is 9.92. The summed E-state index contributed by atoms with van der Waals surface area (Å²) in [6.07, 6.45) is 9.47. The van der Waals surface area contributed by atoms with Gasteiger partial charge in [-0.05, 0) is 101 Å². The SMILES string of the molecule is CCCCC1=C=CC=C(C(=O)C2CCN(C(=S)Nc3ccc(S(=O)(=O)C(C)(CCOCCC)CNO)cc3C)CC2)S1. The summed E-state index contributed by atoms with van der Waals surface area (Å²) in [5.41, 5.74) is 6.79. The van der Waals surface area contributed by atoms with Crippen LogP contribution >= 0.6 is 24.0 Å². The number of sulfone groups is 1. The summed E-state index contributed by atoms with van der Waals surface area (Å²) in [7, 11) is -3.79. The van der Waals surface area contributed by atoms with Gasteiger partial charge in [0.25, 0.3) is 0 Å². The molecule has 232 valence electrons. The maximum Gasteiger partial charge on any atom is 0.185 e. The molecular weight excluding hydrogens is 591 g/mol. The van der Waals surface area contributed by atoms with Gasteiger partial charge in [0.2, 0.25) is 0 Å². The van der Waals surface area contributed by atoms with Crippen molar-refractivity contribution in [2.45, 2.75) is 82.3 Å². The lowest BCUT2D eigenvalue weighted by Crippen LogP contribution is -2.45. The summed E-state index contributed by atoms with van der Waals surface area (Å²) in [6, 6.07) is 4.95. The molecule has 0 aliphatic carbocycles. The number of nitrogens with one attached hydrogen (secondary N) is 2. The van der Waals surface area contributed by atoms with Crippen molar-refractivity contribution >= 4 is 50.4 Å². The Balaban J connectivity index is 1.59. The quantitative estimate of drug-likeness (QED) is 0.0898. The largest absolute Gasteiger partial charge is 0.381 e. The molecule has 1 fully saturated rings. The molecule has 1 aromatic rings. The number of hydrogen-bond acceptors (Lipinski definition) is 8. The number of piperidine rings is 1. The first-order valence-electron chi connectivity index (χ1n) is 14.8. The number of aryl methyl sites for hydroxylation is 1. The highest BCUT2D eigenvalue weighted by Crippen LogP contribution is 2.35. The summed E-state index contributed by atoms with van der Waals surface area (Å²) < 4.78 is 31.5. The van der Waals surface area contributed by atoms with Gasteiger partial charge in [-0.1, -0.05) is 32.0 Å². The standard InChI is InChI=1S/C31H45N3O5S3/c1-5-7-9-25-10-8-11-28(41-25)29(35)24-14-17-34(18-15-24)30(40)33-27-13-12-26(21-23(27)3)42(37,38)31(4,22-32-36)16-20-39-19-6-2/h8,11-13,21,24,32,36H,5-7,9,14-20,22H2,1-4H3,(H,33,40). The fourth-order valence-electron chi connectivity index (χ4n) is 4.99. The van der Waals surface area contributed by atoms with Gasteiger partial charge in [0, 0.05) is 49.4 Å². The van der Waals surface area contributed by atoms with Crippen molar-refractivity contribution in [3.63, 3.8) is 0 Å². The zero-order valence-electron chi connectivity index (χ0n) is 25.2. The number of Topliss-reactive ketones (excluding diaryl/α,β-unsaturated/α-hetero) is 1. The van der Waals surface area contributed by atoms with Crippen LogP contribution in [-0.4, -0.2) is 67.0 Å². The molecule has 0 amide bonds. The Bertz CT molecular complexity index is 1310. The van der Waals surface area contributed by atoms with E-state index in [4.69, 9.17) is 17.0 Å². The second-order valence-corrected chi connectivity index (χ2v) is 15.1. The molecule has 1 aromatic carbocycles. The molecule has 1 saturated heterocycles. The highest BCUT2D eigenvalue weighted by Gasteiger charge is 2.40. The van der Waals surface area contributed by atoms with Crippen molar-refractivity contribution < 1.29 is 23.2 Å². The minimum Gasteiger partial charge on any atom is -0.381 e. The van der Waals surface area contributed by atoms with Gasteiger partial charge in [-0.3, -0.25) is 4.79 Å². The molecule has 2 heterocycles. The predicted molar refractivity (Wildman–Crippen MR) is 175 cm³/mol. The zero-order valence-corrected chi connectivity index (χ0v) is 27.7. The molecule has 0 radical (unpaired) electrons. The van der Waals surface area contributed by atoms with Gasteiger partial charge in [-0.2, -0.15) is 0 Å².